The molecule has 0 spiro atoms. The van der Waals surface area contributed by atoms with Gasteiger partial charge in [0.05, 0.1) is 7.11 Å². The molecule has 6 nitrogen and oxygen atoms in total. The van der Waals surface area contributed by atoms with E-state index in [4.69, 9.17) is 4.74 Å². The Morgan fingerprint density at radius 3 is 2.74 bits per heavy atom. The Kier molecular flexibility index (Phi) is 4.64. The monoisotopic (exact) mass is 364 g/mol. The molecule has 2 aromatic heterocycles. The van der Waals surface area contributed by atoms with Crippen LogP contribution in [-0.2, 0) is 6.54 Å². The zero-order valence-electron chi connectivity index (χ0n) is 16.0. The second kappa shape index (κ2) is 7.10. The van der Waals surface area contributed by atoms with E-state index >= 15 is 0 Å². The first-order valence-corrected chi connectivity index (χ1v) is 9.45. The second-order valence-electron chi connectivity index (χ2n) is 7.31. The maximum Gasteiger partial charge on any atom is 0.273 e. The molecule has 1 saturated carbocycles. The predicted octanol–water partition coefficient (Wildman–Crippen LogP) is 3.67. The number of methoxy groups -OCH3 is 1. The first-order valence-electron chi connectivity index (χ1n) is 9.45. The molecule has 4 rings (SSSR count). The average Bonchev–Trinajstić information content (AvgIpc) is 3.49. The molecule has 1 aliphatic carbocycles. The molecule has 1 fully saturated rings. The van der Waals surface area contributed by atoms with Crippen molar-refractivity contribution in [3.63, 3.8) is 0 Å². The van der Waals surface area contributed by atoms with E-state index in [1.165, 1.54) is 25.6 Å². The van der Waals surface area contributed by atoms with Gasteiger partial charge in [-0.1, -0.05) is 12.8 Å². The van der Waals surface area contributed by atoms with Crippen LogP contribution >= 0.6 is 0 Å². The fraction of sp³-hybridized carbons (Fsp3) is 0.429. The first-order chi connectivity index (χ1) is 13.1. The standard InChI is InChI=1S/C21H24N4O2/c1-13-11-16(27-3)8-9-17(13)18-19-20(23-12-22-18)25(21(26)14(2)24-19)10-4-5-15-6-7-15/h8-9,11-12,15H,4-7,10H2,1-3H3. The maximum absolute atomic E-state index is 12.7. The molecule has 1 aromatic carbocycles. The fourth-order valence-electron chi connectivity index (χ4n) is 3.55. The van der Waals surface area contributed by atoms with E-state index in [0.717, 1.165) is 34.9 Å². The highest BCUT2D eigenvalue weighted by molar-refractivity contribution is 5.88. The molecule has 1 aliphatic rings. The van der Waals surface area contributed by atoms with Gasteiger partial charge in [-0.3, -0.25) is 9.36 Å². The average molecular weight is 364 g/mol. The number of hydrogen-bond donors (Lipinski definition) is 0. The summed E-state index contributed by atoms with van der Waals surface area (Å²) in [5.74, 6) is 1.65. The smallest absolute Gasteiger partial charge is 0.273 e. The van der Waals surface area contributed by atoms with Crippen LogP contribution in [0.3, 0.4) is 0 Å². The van der Waals surface area contributed by atoms with Crippen molar-refractivity contribution in [3.05, 3.63) is 46.1 Å². The summed E-state index contributed by atoms with van der Waals surface area (Å²) >= 11 is 0. The van der Waals surface area contributed by atoms with Crippen LogP contribution in [0, 0.1) is 19.8 Å². The van der Waals surface area contributed by atoms with Gasteiger partial charge in [0.1, 0.15) is 29.0 Å². The number of fused-ring (bicyclic) bond motifs is 1. The van der Waals surface area contributed by atoms with Gasteiger partial charge in [-0.15, -0.1) is 0 Å². The number of rotatable bonds is 6. The summed E-state index contributed by atoms with van der Waals surface area (Å²) in [5, 5.41) is 0. The van der Waals surface area contributed by atoms with Crippen LogP contribution in [0.2, 0.25) is 0 Å². The minimum absolute atomic E-state index is 0.0607. The van der Waals surface area contributed by atoms with Crippen molar-refractivity contribution in [1.29, 1.82) is 0 Å². The van der Waals surface area contributed by atoms with Gasteiger partial charge in [-0.25, -0.2) is 15.0 Å². The van der Waals surface area contributed by atoms with Crippen molar-refractivity contribution in [2.45, 2.75) is 46.1 Å². The molecular formula is C21H24N4O2. The fourth-order valence-corrected chi connectivity index (χ4v) is 3.55. The maximum atomic E-state index is 12.7. The molecule has 0 N–H and O–H groups in total. The third kappa shape index (κ3) is 3.44. The van der Waals surface area contributed by atoms with Crippen LogP contribution in [0.15, 0.2) is 29.3 Å². The van der Waals surface area contributed by atoms with Gasteiger partial charge in [0.15, 0.2) is 5.65 Å². The highest BCUT2D eigenvalue weighted by atomic mass is 16.5. The van der Waals surface area contributed by atoms with E-state index in [1.54, 1.807) is 18.6 Å². The molecular weight excluding hydrogens is 340 g/mol. The molecule has 0 aliphatic heterocycles. The van der Waals surface area contributed by atoms with Gasteiger partial charge in [-0.2, -0.15) is 0 Å². The molecule has 0 radical (unpaired) electrons. The summed E-state index contributed by atoms with van der Waals surface area (Å²) < 4.78 is 7.07. The quantitative estimate of drug-likeness (QED) is 0.667. The number of benzene rings is 1. The van der Waals surface area contributed by atoms with Crippen molar-refractivity contribution >= 4 is 11.2 Å². The Labute approximate surface area is 158 Å². The lowest BCUT2D eigenvalue weighted by atomic mass is 10.0. The number of ether oxygens (including phenoxy) is 1. The molecule has 0 saturated heterocycles. The van der Waals surface area contributed by atoms with Gasteiger partial charge in [0, 0.05) is 12.1 Å². The minimum atomic E-state index is -0.0607. The lowest BCUT2D eigenvalue weighted by molar-refractivity contribution is 0.414. The number of aromatic nitrogens is 4. The van der Waals surface area contributed by atoms with Gasteiger partial charge < -0.3 is 4.74 Å². The van der Waals surface area contributed by atoms with Crippen LogP contribution in [0.5, 0.6) is 5.75 Å². The lowest BCUT2D eigenvalue weighted by Crippen LogP contribution is -2.25. The van der Waals surface area contributed by atoms with Crippen molar-refractivity contribution in [1.82, 2.24) is 19.5 Å². The first kappa shape index (κ1) is 17.6. The third-order valence-corrected chi connectivity index (χ3v) is 5.27. The summed E-state index contributed by atoms with van der Waals surface area (Å²) in [4.78, 5) is 26.2. The minimum Gasteiger partial charge on any atom is -0.497 e. The Balaban J connectivity index is 1.83. The number of aryl methyl sites for hydroxylation is 3. The van der Waals surface area contributed by atoms with Crippen LogP contribution in [0.25, 0.3) is 22.4 Å². The van der Waals surface area contributed by atoms with Crippen LogP contribution in [0.1, 0.15) is 36.9 Å². The van der Waals surface area contributed by atoms with Gasteiger partial charge >= 0.3 is 0 Å². The van der Waals surface area contributed by atoms with Crippen molar-refractivity contribution in [2.24, 2.45) is 5.92 Å². The summed E-state index contributed by atoms with van der Waals surface area (Å²) in [6, 6.07) is 5.87. The van der Waals surface area contributed by atoms with E-state index in [0.29, 0.717) is 23.4 Å². The predicted molar refractivity (Wildman–Crippen MR) is 105 cm³/mol. The normalized spacial score (nSPS) is 13.9. The highest BCUT2D eigenvalue weighted by Crippen LogP contribution is 2.34. The van der Waals surface area contributed by atoms with Crippen molar-refractivity contribution in [2.75, 3.05) is 7.11 Å². The van der Waals surface area contributed by atoms with Gasteiger partial charge in [0.2, 0.25) is 0 Å². The number of nitrogens with zero attached hydrogens (tertiary/aromatic N) is 4. The summed E-state index contributed by atoms with van der Waals surface area (Å²) in [7, 11) is 1.65. The zero-order valence-corrected chi connectivity index (χ0v) is 16.0. The SMILES string of the molecule is COc1ccc(-c2ncnc3c2nc(C)c(=O)n3CCCC2CC2)c(C)c1. The lowest BCUT2D eigenvalue weighted by Gasteiger charge is -2.13. The van der Waals surface area contributed by atoms with E-state index in [9.17, 15) is 4.79 Å². The Bertz CT molecular complexity index is 1050. The summed E-state index contributed by atoms with van der Waals surface area (Å²) in [6.07, 6.45) is 6.34. The summed E-state index contributed by atoms with van der Waals surface area (Å²) in [6.45, 7) is 4.45. The van der Waals surface area contributed by atoms with E-state index in [-0.39, 0.29) is 5.56 Å². The zero-order chi connectivity index (χ0) is 19.0. The third-order valence-electron chi connectivity index (χ3n) is 5.27. The molecule has 140 valence electrons. The van der Waals surface area contributed by atoms with Gasteiger partial charge in [0.25, 0.3) is 5.56 Å². The molecule has 27 heavy (non-hydrogen) atoms. The Hall–Kier alpha value is -2.76. The molecule has 0 unspecified atom stereocenters. The van der Waals surface area contributed by atoms with E-state index < -0.39 is 0 Å². The molecule has 0 amide bonds. The van der Waals surface area contributed by atoms with Crippen LogP contribution in [0.4, 0.5) is 0 Å². The molecule has 3 aromatic rings. The topological polar surface area (TPSA) is 69.9 Å². The van der Waals surface area contributed by atoms with E-state index in [1.807, 2.05) is 25.1 Å². The van der Waals surface area contributed by atoms with Crippen LogP contribution < -0.4 is 10.3 Å². The van der Waals surface area contributed by atoms with Crippen LogP contribution in [-0.4, -0.2) is 26.6 Å². The Morgan fingerprint density at radius 1 is 1.22 bits per heavy atom. The van der Waals surface area contributed by atoms with E-state index in [2.05, 4.69) is 15.0 Å². The number of hydrogen-bond acceptors (Lipinski definition) is 5. The summed E-state index contributed by atoms with van der Waals surface area (Å²) in [5.41, 5.74) is 4.47. The molecule has 0 atom stereocenters. The molecule has 6 heteroatoms. The van der Waals surface area contributed by atoms with Crippen molar-refractivity contribution < 1.29 is 4.74 Å². The van der Waals surface area contributed by atoms with Crippen molar-refractivity contribution in [3.8, 4) is 17.0 Å². The molecule has 2 heterocycles. The largest absolute Gasteiger partial charge is 0.497 e. The van der Waals surface area contributed by atoms with Gasteiger partial charge in [-0.05, 0) is 56.4 Å². The Morgan fingerprint density at radius 2 is 2.04 bits per heavy atom. The molecule has 0 bridgehead atoms. The second-order valence-corrected chi connectivity index (χ2v) is 7.31. The highest BCUT2D eigenvalue weighted by Gasteiger charge is 2.21.